The molecule has 0 aliphatic carbocycles. The van der Waals surface area contributed by atoms with Gasteiger partial charge in [-0.25, -0.2) is 0 Å². The summed E-state index contributed by atoms with van der Waals surface area (Å²) in [7, 11) is 0. The Balaban J connectivity index is 2.34. The molecule has 0 amide bonds. The van der Waals surface area contributed by atoms with Gasteiger partial charge in [0.2, 0.25) is 0 Å². The Kier molecular flexibility index (Phi) is 2.11. The number of fused-ring (bicyclic) bond motifs is 1. The van der Waals surface area contributed by atoms with Crippen molar-refractivity contribution in [3.63, 3.8) is 0 Å². The fraction of sp³-hybridized carbons (Fsp3) is 0.455. The molecule has 1 aliphatic heterocycles. The molecule has 14 heavy (non-hydrogen) atoms. The third-order valence-electron chi connectivity index (χ3n) is 2.37. The van der Waals surface area contributed by atoms with Crippen molar-refractivity contribution in [2.24, 2.45) is 5.73 Å². The van der Waals surface area contributed by atoms with Crippen LogP contribution in [-0.4, -0.2) is 12.1 Å². The fourth-order valence-corrected chi connectivity index (χ4v) is 1.57. The summed E-state index contributed by atoms with van der Waals surface area (Å²) in [6, 6.07) is 6.05. The summed E-state index contributed by atoms with van der Waals surface area (Å²) >= 11 is 0. The highest BCUT2D eigenvalue weighted by atomic mass is 16.5. The lowest BCUT2D eigenvalue weighted by Gasteiger charge is -2.33. The van der Waals surface area contributed by atoms with Crippen LogP contribution in [0.25, 0.3) is 0 Å². The Labute approximate surface area is 84.3 Å². The lowest BCUT2D eigenvalue weighted by atomic mass is 10.1. The van der Waals surface area contributed by atoms with E-state index in [0.717, 1.165) is 23.5 Å². The number of hydrogen-bond acceptors (Lipinski definition) is 3. The minimum Gasteiger partial charge on any atom is -0.484 e. The van der Waals surface area contributed by atoms with Crippen LogP contribution in [0.3, 0.4) is 0 Å². The number of rotatable bonds is 1. The summed E-state index contributed by atoms with van der Waals surface area (Å²) in [5.41, 5.74) is 7.59. The molecule has 0 saturated heterocycles. The first-order valence-electron chi connectivity index (χ1n) is 4.87. The largest absolute Gasteiger partial charge is 0.484 e. The van der Waals surface area contributed by atoms with E-state index in [4.69, 9.17) is 10.5 Å². The van der Waals surface area contributed by atoms with E-state index in [9.17, 15) is 0 Å². The van der Waals surface area contributed by atoms with E-state index in [1.165, 1.54) is 0 Å². The summed E-state index contributed by atoms with van der Waals surface area (Å²) in [5, 5.41) is 3.34. The minimum atomic E-state index is -0.139. The highest BCUT2D eigenvalue weighted by Crippen LogP contribution is 2.33. The number of ether oxygens (including phenoxy) is 1. The van der Waals surface area contributed by atoms with Gasteiger partial charge in [-0.2, -0.15) is 0 Å². The van der Waals surface area contributed by atoms with Gasteiger partial charge in [-0.1, -0.05) is 6.07 Å². The predicted molar refractivity (Wildman–Crippen MR) is 57.5 cm³/mol. The van der Waals surface area contributed by atoms with Gasteiger partial charge in [-0.05, 0) is 31.5 Å². The second-order valence-corrected chi connectivity index (χ2v) is 4.25. The smallest absolute Gasteiger partial charge is 0.143 e. The van der Waals surface area contributed by atoms with E-state index in [1.807, 2.05) is 18.2 Å². The molecule has 3 nitrogen and oxygen atoms in total. The van der Waals surface area contributed by atoms with E-state index in [2.05, 4.69) is 19.2 Å². The molecule has 1 aromatic rings. The van der Waals surface area contributed by atoms with Crippen LogP contribution in [0, 0.1) is 0 Å². The molecule has 0 atom stereocenters. The topological polar surface area (TPSA) is 47.3 Å². The Morgan fingerprint density at radius 3 is 3.00 bits per heavy atom. The predicted octanol–water partition coefficient (Wildman–Crippen LogP) is 1.73. The summed E-state index contributed by atoms with van der Waals surface area (Å²) in [6.07, 6.45) is 0. The van der Waals surface area contributed by atoms with Crippen LogP contribution >= 0.6 is 0 Å². The first kappa shape index (κ1) is 9.34. The van der Waals surface area contributed by atoms with Crippen molar-refractivity contribution in [1.82, 2.24) is 0 Å². The monoisotopic (exact) mass is 192 g/mol. The van der Waals surface area contributed by atoms with Crippen LogP contribution in [0.5, 0.6) is 5.75 Å². The zero-order valence-electron chi connectivity index (χ0n) is 8.63. The molecular weight excluding hydrogens is 176 g/mol. The number of nitrogens with one attached hydrogen (secondary N) is 1. The lowest BCUT2D eigenvalue weighted by molar-refractivity contribution is 0.116. The van der Waals surface area contributed by atoms with Crippen molar-refractivity contribution in [2.75, 3.05) is 11.9 Å². The fourth-order valence-electron chi connectivity index (χ4n) is 1.57. The number of nitrogens with two attached hydrogens (primary N) is 1. The molecular formula is C11H16N2O. The minimum absolute atomic E-state index is 0.139. The van der Waals surface area contributed by atoms with Crippen LogP contribution < -0.4 is 15.8 Å². The quantitative estimate of drug-likeness (QED) is 0.712. The molecule has 1 aromatic carbocycles. The van der Waals surface area contributed by atoms with Crippen molar-refractivity contribution in [1.29, 1.82) is 0 Å². The van der Waals surface area contributed by atoms with E-state index in [-0.39, 0.29) is 5.60 Å². The van der Waals surface area contributed by atoms with Crippen LogP contribution in [0.15, 0.2) is 18.2 Å². The van der Waals surface area contributed by atoms with Gasteiger partial charge in [0, 0.05) is 6.54 Å². The Morgan fingerprint density at radius 2 is 2.29 bits per heavy atom. The highest BCUT2D eigenvalue weighted by molar-refractivity contribution is 5.59. The third-order valence-corrected chi connectivity index (χ3v) is 2.37. The van der Waals surface area contributed by atoms with Gasteiger partial charge in [0.25, 0.3) is 0 Å². The molecule has 0 fully saturated rings. The van der Waals surface area contributed by atoms with E-state index in [0.29, 0.717) is 6.54 Å². The van der Waals surface area contributed by atoms with Crippen LogP contribution in [-0.2, 0) is 6.54 Å². The van der Waals surface area contributed by atoms with E-state index in [1.54, 1.807) is 0 Å². The van der Waals surface area contributed by atoms with Gasteiger partial charge in [-0.3, -0.25) is 0 Å². The van der Waals surface area contributed by atoms with Crippen LogP contribution in [0.4, 0.5) is 5.69 Å². The Bertz CT molecular complexity index is 347. The van der Waals surface area contributed by atoms with Crippen LogP contribution in [0.2, 0.25) is 0 Å². The molecule has 0 spiro atoms. The second kappa shape index (κ2) is 3.17. The summed E-state index contributed by atoms with van der Waals surface area (Å²) in [5.74, 6) is 0.907. The first-order valence-corrected chi connectivity index (χ1v) is 4.87. The SMILES string of the molecule is CC1(C)CNc2ccc(CN)cc2O1. The van der Waals surface area contributed by atoms with Crippen LogP contribution in [0.1, 0.15) is 19.4 Å². The zero-order valence-corrected chi connectivity index (χ0v) is 8.63. The molecule has 0 saturated carbocycles. The van der Waals surface area contributed by atoms with Crippen molar-refractivity contribution in [2.45, 2.75) is 26.0 Å². The van der Waals surface area contributed by atoms with Gasteiger partial charge in [0.1, 0.15) is 11.4 Å². The molecule has 2 rings (SSSR count). The number of hydrogen-bond donors (Lipinski definition) is 2. The normalized spacial score (nSPS) is 17.9. The van der Waals surface area contributed by atoms with Gasteiger partial charge >= 0.3 is 0 Å². The second-order valence-electron chi connectivity index (χ2n) is 4.25. The molecule has 3 N–H and O–H groups in total. The summed E-state index contributed by atoms with van der Waals surface area (Å²) in [4.78, 5) is 0. The Hall–Kier alpha value is -1.22. The lowest BCUT2D eigenvalue weighted by Crippen LogP contribution is -2.40. The van der Waals surface area contributed by atoms with Crippen molar-refractivity contribution >= 4 is 5.69 Å². The summed E-state index contributed by atoms with van der Waals surface area (Å²) < 4.78 is 5.84. The molecule has 3 heteroatoms. The van der Waals surface area contributed by atoms with Gasteiger partial charge < -0.3 is 15.8 Å². The molecule has 76 valence electrons. The maximum Gasteiger partial charge on any atom is 0.143 e. The molecule has 0 radical (unpaired) electrons. The zero-order chi connectivity index (χ0) is 10.2. The molecule has 1 heterocycles. The van der Waals surface area contributed by atoms with Gasteiger partial charge in [-0.15, -0.1) is 0 Å². The van der Waals surface area contributed by atoms with Crippen molar-refractivity contribution in [3.8, 4) is 5.75 Å². The highest BCUT2D eigenvalue weighted by Gasteiger charge is 2.25. The average Bonchev–Trinajstić information content (AvgIpc) is 2.15. The van der Waals surface area contributed by atoms with Crippen molar-refractivity contribution in [3.05, 3.63) is 23.8 Å². The third kappa shape index (κ3) is 1.68. The molecule has 0 unspecified atom stereocenters. The molecule has 1 aliphatic rings. The number of anilines is 1. The van der Waals surface area contributed by atoms with Gasteiger partial charge in [0.05, 0.1) is 12.2 Å². The maximum absolute atomic E-state index is 5.84. The Morgan fingerprint density at radius 1 is 1.50 bits per heavy atom. The molecule has 0 bridgehead atoms. The molecule has 0 aromatic heterocycles. The average molecular weight is 192 g/mol. The van der Waals surface area contributed by atoms with E-state index >= 15 is 0 Å². The summed E-state index contributed by atoms with van der Waals surface area (Å²) in [6.45, 7) is 5.52. The van der Waals surface area contributed by atoms with Crippen molar-refractivity contribution < 1.29 is 4.74 Å². The van der Waals surface area contributed by atoms with Gasteiger partial charge in [0.15, 0.2) is 0 Å². The first-order chi connectivity index (χ1) is 6.61. The number of benzene rings is 1. The maximum atomic E-state index is 5.84. The van der Waals surface area contributed by atoms with E-state index < -0.39 is 0 Å². The standard InChI is InChI=1S/C11H16N2O/c1-11(2)7-13-9-4-3-8(6-12)5-10(9)14-11/h3-5,13H,6-7,12H2,1-2H3.